The van der Waals surface area contributed by atoms with E-state index in [4.69, 9.17) is 11.5 Å². The lowest BCUT2D eigenvalue weighted by atomic mass is 10.2. The van der Waals surface area contributed by atoms with Crippen LogP contribution in [-0.4, -0.2) is 25.2 Å². The Labute approximate surface area is 142 Å². The van der Waals surface area contributed by atoms with Crippen molar-refractivity contribution in [1.82, 2.24) is 0 Å². The number of nitrogens with zero attached hydrogens (tertiary/aromatic N) is 1. The summed E-state index contributed by atoms with van der Waals surface area (Å²) >= 11 is 0. The van der Waals surface area contributed by atoms with Crippen molar-refractivity contribution in [2.75, 3.05) is 5.32 Å². The third kappa shape index (κ3) is 4.51. The van der Waals surface area contributed by atoms with Gasteiger partial charge in [0, 0.05) is 23.4 Å². The van der Waals surface area contributed by atoms with Gasteiger partial charge in [-0.2, -0.15) is 12.8 Å². The predicted molar refractivity (Wildman–Crippen MR) is 89.0 cm³/mol. The van der Waals surface area contributed by atoms with Crippen molar-refractivity contribution in [2.45, 2.75) is 4.90 Å². The van der Waals surface area contributed by atoms with Crippen LogP contribution in [0.25, 0.3) is 0 Å². The van der Waals surface area contributed by atoms with Gasteiger partial charge in [0.05, 0.1) is 4.92 Å². The summed E-state index contributed by atoms with van der Waals surface area (Å²) in [4.78, 5) is 22.1. The topological polar surface area (TPSA) is 172 Å². The fourth-order valence-electron chi connectivity index (χ4n) is 1.90. The van der Waals surface area contributed by atoms with Gasteiger partial charge in [-0.1, -0.05) is 6.07 Å². The molecule has 0 fully saturated rings. The first-order chi connectivity index (χ1) is 11.7. The van der Waals surface area contributed by atoms with Gasteiger partial charge < -0.3 is 5.32 Å². The molecule has 0 aromatic heterocycles. The maximum absolute atomic E-state index is 12.1. The molecule has 0 aliphatic heterocycles. The molecule has 0 spiro atoms. The number of nitro benzene ring substituents is 1. The van der Waals surface area contributed by atoms with Gasteiger partial charge in [-0.25, -0.2) is 0 Å². The van der Waals surface area contributed by atoms with Gasteiger partial charge in [0.15, 0.2) is 0 Å². The maximum Gasteiger partial charge on any atom is 0.353 e. The Morgan fingerprint density at radius 2 is 1.76 bits per heavy atom. The molecule has 0 saturated heterocycles. The highest BCUT2D eigenvalue weighted by molar-refractivity contribution is 7.84. The summed E-state index contributed by atoms with van der Waals surface area (Å²) in [6.07, 6.45) is 0. The summed E-state index contributed by atoms with van der Waals surface area (Å²) in [6.45, 7) is 0. The molecule has 25 heavy (non-hydrogen) atoms. The molecule has 10 nitrogen and oxygen atoms in total. The summed E-state index contributed by atoms with van der Waals surface area (Å²) < 4.78 is 25.6. The number of nitro groups is 1. The first kappa shape index (κ1) is 17.9. The number of nitrogens with two attached hydrogens (primary N) is 2. The van der Waals surface area contributed by atoms with Crippen molar-refractivity contribution in [3.8, 4) is 0 Å². The number of nitrogens with one attached hydrogen (secondary N) is 2. The zero-order valence-corrected chi connectivity index (χ0v) is 13.5. The van der Waals surface area contributed by atoms with Crippen LogP contribution in [0.4, 0.5) is 11.4 Å². The van der Waals surface area contributed by atoms with E-state index in [0.717, 1.165) is 6.07 Å². The van der Waals surface area contributed by atoms with Gasteiger partial charge in [0.25, 0.3) is 11.6 Å². The first-order valence-corrected chi connectivity index (χ1v) is 8.24. The minimum atomic E-state index is -3.90. The summed E-state index contributed by atoms with van der Waals surface area (Å²) in [7, 11) is -3.90. The van der Waals surface area contributed by atoms with Crippen molar-refractivity contribution in [1.29, 1.82) is 0 Å². The molecule has 11 heteroatoms. The molecule has 0 bridgehead atoms. The molecule has 2 aromatic carbocycles. The summed E-state index contributed by atoms with van der Waals surface area (Å²) in [5.74, 6) is -1.04. The van der Waals surface area contributed by atoms with E-state index in [2.05, 4.69) is 5.32 Å². The summed E-state index contributed by atoms with van der Waals surface area (Å²) in [6, 6.07) is 10.4. The first-order valence-electron chi connectivity index (χ1n) is 6.75. The second-order valence-corrected chi connectivity index (χ2v) is 6.53. The number of rotatable bonds is 5. The van der Waals surface area contributed by atoms with Gasteiger partial charge in [0.2, 0.25) is 0 Å². The number of hydrogen-bond donors (Lipinski definition) is 4. The number of non-ortho nitro benzene ring substituents is 1. The molecule has 1 amide bonds. The lowest BCUT2D eigenvalue weighted by Gasteiger charge is -2.06. The van der Waals surface area contributed by atoms with E-state index < -0.39 is 26.8 Å². The van der Waals surface area contributed by atoms with Crippen LogP contribution >= 0.6 is 0 Å². The second kappa shape index (κ2) is 6.97. The largest absolute Gasteiger partial charge is 0.353 e. The normalized spacial score (nSPS) is 10.7. The molecule has 0 unspecified atom stereocenters. The number of hydrogen-bond acceptors (Lipinski definition) is 5. The Bertz CT molecular complexity index is 950. The average molecular weight is 364 g/mol. The Kier molecular flexibility index (Phi) is 4.98. The van der Waals surface area contributed by atoms with Gasteiger partial charge >= 0.3 is 16.0 Å². The second-order valence-electron chi connectivity index (χ2n) is 4.85. The molecular formula is C14H14N5O5S+. The van der Waals surface area contributed by atoms with Crippen LogP contribution in [0.1, 0.15) is 10.4 Å². The third-order valence-electron chi connectivity index (χ3n) is 2.99. The highest BCUT2D eigenvalue weighted by atomic mass is 32.2. The van der Waals surface area contributed by atoms with Crippen LogP contribution < -0.4 is 21.2 Å². The van der Waals surface area contributed by atoms with E-state index in [1.807, 2.05) is 4.40 Å². The van der Waals surface area contributed by atoms with Crippen LogP contribution in [0.5, 0.6) is 0 Å². The average Bonchev–Trinajstić information content (AvgIpc) is 2.54. The number of amides is 1. The number of carbonyl (C=O) groups is 1. The number of carbonyl (C=O) groups excluding carboxylic acids is 1. The molecule has 0 aliphatic rings. The molecular weight excluding hydrogens is 350 g/mol. The number of anilines is 1. The molecule has 0 radical (unpaired) electrons. The fraction of sp³-hybridized carbons (Fsp3) is 0. The predicted octanol–water partition coefficient (Wildman–Crippen LogP) is -1.11. The SMILES string of the molecule is NC(N)=[NH+]S(=O)(=O)c1ccc(NC(=O)c2cccc([N+](=O)[O-])c2)cc1. The van der Waals surface area contributed by atoms with Gasteiger partial charge in [-0.15, -0.1) is 0 Å². The number of sulfonamides is 1. The van der Waals surface area contributed by atoms with E-state index in [-0.39, 0.29) is 16.1 Å². The van der Waals surface area contributed by atoms with Crippen molar-refractivity contribution >= 4 is 33.3 Å². The zero-order valence-electron chi connectivity index (χ0n) is 12.7. The Morgan fingerprint density at radius 1 is 1.12 bits per heavy atom. The molecule has 0 aliphatic carbocycles. The highest BCUT2D eigenvalue weighted by Crippen LogP contribution is 2.16. The molecule has 0 atom stereocenters. The smallest absolute Gasteiger partial charge is 0.322 e. The van der Waals surface area contributed by atoms with Crippen LogP contribution in [-0.2, 0) is 10.0 Å². The number of benzene rings is 2. The molecule has 130 valence electrons. The summed E-state index contributed by atoms with van der Waals surface area (Å²) in [5, 5.41) is 13.2. The monoisotopic (exact) mass is 364 g/mol. The lowest BCUT2D eigenvalue weighted by Crippen LogP contribution is -2.80. The third-order valence-corrected chi connectivity index (χ3v) is 4.39. The highest BCUT2D eigenvalue weighted by Gasteiger charge is 2.15. The van der Waals surface area contributed by atoms with E-state index in [0.29, 0.717) is 5.69 Å². The van der Waals surface area contributed by atoms with Crippen LogP contribution in [0, 0.1) is 10.1 Å². The van der Waals surface area contributed by atoms with Gasteiger partial charge in [-0.05, 0) is 30.3 Å². The molecule has 0 heterocycles. The maximum atomic E-state index is 12.1. The van der Waals surface area contributed by atoms with Crippen LogP contribution in [0.3, 0.4) is 0 Å². The zero-order chi connectivity index (χ0) is 18.6. The summed E-state index contributed by atoms with van der Waals surface area (Å²) in [5.41, 5.74) is 10.4. The Morgan fingerprint density at radius 3 is 2.32 bits per heavy atom. The van der Waals surface area contributed by atoms with Gasteiger partial charge in [0.1, 0.15) is 4.90 Å². The minimum absolute atomic E-state index is 0.0954. The quantitative estimate of drug-likeness (QED) is 0.225. The van der Waals surface area contributed by atoms with Crippen molar-refractivity contribution in [3.05, 3.63) is 64.2 Å². The van der Waals surface area contributed by atoms with E-state index in [1.54, 1.807) is 0 Å². The van der Waals surface area contributed by atoms with Crippen molar-refractivity contribution < 1.29 is 22.5 Å². The standard InChI is InChI=1S/C14H13N5O5S/c15-14(16)18-25(23,24)12-6-4-10(5-7-12)17-13(20)9-2-1-3-11(8-9)19(21)22/h1-8H,(H,17,20)(H4,15,16,18)/p+1. The van der Waals surface area contributed by atoms with Gasteiger partial charge in [-0.3, -0.25) is 26.4 Å². The molecule has 6 N–H and O–H groups in total. The fourth-order valence-corrected chi connectivity index (χ4v) is 2.82. The van der Waals surface area contributed by atoms with E-state index in [9.17, 15) is 23.3 Å². The van der Waals surface area contributed by atoms with E-state index in [1.165, 1.54) is 42.5 Å². The lowest BCUT2D eigenvalue weighted by molar-refractivity contribution is -0.384. The minimum Gasteiger partial charge on any atom is -0.322 e. The molecule has 2 rings (SSSR count). The Hall–Kier alpha value is -3.47. The Balaban J connectivity index is 2.19. The van der Waals surface area contributed by atoms with Crippen molar-refractivity contribution in [3.63, 3.8) is 0 Å². The van der Waals surface area contributed by atoms with Crippen molar-refractivity contribution in [2.24, 2.45) is 11.5 Å². The molecule has 2 aromatic rings. The van der Waals surface area contributed by atoms with Crippen LogP contribution in [0.2, 0.25) is 0 Å². The van der Waals surface area contributed by atoms with E-state index >= 15 is 0 Å². The molecule has 0 saturated carbocycles. The van der Waals surface area contributed by atoms with Crippen LogP contribution in [0.15, 0.2) is 53.4 Å². The number of guanidine groups is 1.